The van der Waals surface area contributed by atoms with Crippen LogP contribution < -0.4 is 5.43 Å². The Morgan fingerprint density at radius 2 is 1.86 bits per heavy atom. The van der Waals surface area contributed by atoms with Crippen molar-refractivity contribution in [3.63, 3.8) is 0 Å². The number of hydrogen-bond donors (Lipinski definition) is 3. The van der Waals surface area contributed by atoms with Gasteiger partial charge in [0.15, 0.2) is 0 Å². The van der Waals surface area contributed by atoms with E-state index in [1.54, 1.807) is 24.3 Å². The van der Waals surface area contributed by atoms with Crippen molar-refractivity contribution < 1.29 is 15.0 Å². The second kappa shape index (κ2) is 6.95. The predicted molar refractivity (Wildman–Crippen MR) is 85.5 cm³/mol. The predicted octanol–water partition coefficient (Wildman–Crippen LogP) is 3.30. The zero-order valence-electron chi connectivity index (χ0n) is 11.9. The highest BCUT2D eigenvalue weighted by molar-refractivity contribution is 6.31. The Morgan fingerprint density at radius 1 is 1.18 bits per heavy atom. The lowest BCUT2D eigenvalue weighted by Gasteiger charge is -2.07. The lowest BCUT2D eigenvalue weighted by Crippen LogP contribution is -2.20. The molecule has 0 aliphatic rings. The summed E-state index contributed by atoms with van der Waals surface area (Å²) in [4.78, 5) is 12.0. The molecule has 22 heavy (non-hydrogen) atoms. The number of hydrogen-bond acceptors (Lipinski definition) is 4. The highest BCUT2D eigenvalue weighted by Crippen LogP contribution is 2.21. The van der Waals surface area contributed by atoms with E-state index in [0.717, 1.165) is 5.56 Å². The Kier molecular flexibility index (Phi) is 5.01. The minimum atomic E-state index is -0.551. The molecule has 0 radical (unpaired) electrons. The van der Waals surface area contributed by atoms with Gasteiger partial charge < -0.3 is 10.2 Å². The Balaban J connectivity index is 2.19. The van der Waals surface area contributed by atoms with Gasteiger partial charge in [-0.3, -0.25) is 4.79 Å². The number of halogens is 1. The van der Waals surface area contributed by atoms with Crippen LogP contribution in [0.3, 0.4) is 0 Å². The summed E-state index contributed by atoms with van der Waals surface area (Å²) in [6, 6.07) is 10.7. The number of carbonyl (C=O) groups excluding carboxylic acids is 1. The quantitative estimate of drug-likeness (QED) is 0.597. The molecular weight excluding hydrogens is 304 g/mol. The van der Waals surface area contributed by atoms with E-state index in [9.17, 15) is 15.0 Å². The normalized spacial score (nSPS) is 11.3. The number of phenols is 2. The minimum absolute atomic E-state index is 0.0532. The minimum Gasteiger partial charge on any atom is -0.508 e. The Bertz CT molecular complexity index is 712. The molecular formula is C16H15ClN2O3. The molecule has 6 heteroatoms. The first-order valence-electron chi connectivity index (χ1n) is 6.66. The number of aromatic hydroxyl groups is 2. The highest BCUT2D eigenvalue weighted by Gasteiger charge is 2.11. The topological polar surface area (TPSA) is 81.9 Å². The monoisotopic (exact) mass is 318 g/mol. The molecule has 0 spiro atoms. The van der Waals surface area contributed by atoms with Crippen LogP contribution in [0, 0.1) is 0 Å². The number of nitrogens with zero attached hydrogens (tertiary/aromatic N) is 1. The maximum absolute atomic E-state index is 12.0. The van der Waals surface area contributed by atoms with Crippen LogP contribution >= 0.6 is 11.6 Å². The number of benzene rings is 2. The van der Waals surface area contributed by atoms with Crippen molar-refractivity contribution in [3.05, 3.63) is 58.6 Å². The van der Waals surface area contributed by atoms with E-state index < -0.39 is 5.91 Å². The Labute approximate surface area is 132 Å². The largest absolute Gasteiger partial charge is 0.508 e. The molecule has 0 heterocycles. The summed E-state index contributed by atoms with van der Waals surface area (Å²) < 4.78 is 0. The third-order valence-corrected chi connectivity index (χ3v) is 3.27. The van der Waals surface area contributed by atoms with E-state index in [-0.39, 0.29) is 17.1 Å². The van der Waals surface area contributed by atoms with Gasteiger partial charge in [0.2, 0.25) is 0 Å². The molecule has 0 unspecified atom stereocenters. The van der Waals surface area contributed by atoms with Crippen LogP contribution in [0.4, 0.5) is 0 Å². The standard InChI is InChI=1S/C16H15ClN2O3/c1-2-14(10-3-6-12(20)7-4-10)18-19-16(22)13-9-11(17)5-8-15(13)21/h3-9,20-21H,2H2,1H3,(H,19,22). The molecule has 5 nitrogen and oxygen atoms in total. The number of rotatable bonds is 4. The van der Waals surface area contributed by atoms with Gasteiger partial charge >= 0.3 is 0 Å². The van der Waals surface area contributed by atoms with Crippen LogP contribution in [0.25, 0.3) is 0 Å². The zero-order valence-corrected chi connectivity index (χ0v) is 12.6. The molecule has 2 aromatic rings. The zero-order chi connectivity index (χ0) is 16.1. The van der Waals surface area contributed by atoms with Crippen LogP contribution in [0.2, 0.25) is 5.02 Å². The first-order valence-corrected chi connectivity index (χ1v) is 7.04. The molecule has 0 fully saturated rings. The van der Waals surface area contributed by atoms with Gasteiger partial charge in [0.25, 0.3) is 5.91 Å². The van der Waals surface area contributed by atoms with Crippen molar-refractivity contribution in [1.82, 2.24) is 5.43 Å². The van der Waals surface area contributed by atoms with Crippen molar-refractivity contribution in [2.24, 2.45) is 5.10 Å². The van der Waals surface area contributed by atoms with Gasteiger partial charge in [-0.2, -0.15) is 5.10 Å². The van der Waals surface area contributed by atoms with Crippen LogP contribution in [-0.2, 0) is 0 Å². The van der Waals surface area contributed by atoms with Gasteiger partial charge in [-0.25, -0.2) is 5.43 Å². The summed E-state index contributed by atoms with van der Waals surface area (Å²) in [7, 11) is 0. The van der Waals surface area contributed by atoms with E-state index in [1.165, 1.54) is 18.2 Å². The number of carbonyl (C=O) groups is 1. The van der Waals surface area contributed by atoms with E-state index in [2.05, 4.69) is 10.5 Å². The summed E-state index contributed by atoms with van der Waals surface area (Å²) >= 11 is 5.81. The Hall–Kier alpha value is -2.53. The molecule has 114 valence electrons. The fourth-order valence-corrected chi connectivity index (χ4v) is 2.04. The third kappa shape index (κ3) is 3.77. The van der Waals surface area contributed by atoms with Crippen LogP contribution in [0.1, 0.15) is 29.3 Å². The van der Waals surface area contributed by atoms with Crippen LogP contribution in [0.15, 0.2) is 47.6 Å². The highest BCUT2D eigenvalue weighted by atomic mass is 35.5. The first-order chi connectivity index (χ1) is 10.5. The fraction of sp³-hybridized carbons (Fsp3) is 0.125. The number of hydrazone groups is 1. The average molecular weight is 319 g/mol. The molecule has 0 saturated carbocycles. The number of amides is 1. The van der Waals surface area contributed by atoms with Crippen LogP contribution in [-0.4, -0.2) is 21.8 Å². The average Bonchev–Trinajstić information content (AvgIpc) is 2.51. The summed E-state index contributed by atoms with van der Waals surface area (Å²) in [6.07, 6.45) is 0.590. The van der Waals surface area contributed by atoms with Crippen LogP contribution in [0.5, 0.6) is 11.5 Å². The SMILES string of the molecule is CCC(=NNC(=O)c1cc(Cl)ccc1O)c1ccc(O)cc1. The first kappa shape index (κ1) is 15.9. The van der Waals surface area contributed by atoms with Gasteiger partial charge in [-0.1, -0.05) is 18.5 Å². The smallest absolute Gasteiger partial charge is 0.275 e. The molecule has 0 aliphatic heterocycles. The number of nitrogens with one attached hydrogen (secondary N) is 1. The van der Waals surface area contributed by atoms with Crippen molar-refractivity contribution in [2.45, 2.75) is 13.3 Å². The molecule has 0 saturated heterocycles. The number of phenolic OH excluding ortho intramolecular Hbond substituents is 2. The second-order valence-electron chi connectivity index (χ2n) is 4.56. The second-order valence-corrected chi connectivity index (χ2v) is 5.00. The summed E-state index contributed by atoms with van der Waals surface area (Å²) in [5.74, 6) is -0.559. The molecule has 1 amide bonds. The summed E-state index contributed by atoms with van der Waals surface area (Å²) in [5.41, 5.74) is 3.89. The molecule has 0 aromatic heterocycles. The molecule has 0 bridgehead atoms. The lowest BCUT2D eigenvalue weighted by atomic mass is 10.1. The maximum atomic E-state index is 12.0. The third-order valence-electron chi connectivity index (χ3n) is 3.03. The van der Waals surface area contributed by atoms with E-state index in [4.69, 9.17) is 11.6 Å². The Morgan fingerprint density at radius 3 is 2.50 bits per heavy atom. The van der Waals surface area contributed by atoms with E-state index in [0.29, 0.717) is 17.2 Å². The summed E-state index contributed by atoms with van der Waals surface area (Å²) in [5, 5.41) is 23.4. The van der Waals surface area contributed by atoms with Crippen molar-refractivity contribution in [3.8, 4) is 11.5 Å². The van der Waals surface area contributed by atoms with Gasteiger partial charge in [0.05, 0.1) is 11.3 Å². The van der Waals surface area contributed by atoms with Crippen molar-refractivity contribution in [2.75, 3.05) is 0 Å². The van der Waals surface area contributed by atoms with Gasteiger partial charge in [0, 0.05) is 5.02 Å². The molecule has 3 N–H and O–H groups in total. The van der Waals surface area contributed by atoms with E-state index >= 15 is 0 Å². The maximum Gasteiger partial charge on any atom is 0.275 e. The van der Waals surface area contributed by atoms with Gasteiger partial charge in [-0.05, 0) is 54.4 Å². The fourth-order valence-electron chi connectivity index (χ4n) is 1.87. The van der Waals surface area contributed by atoms with E-state index in [1.807, 2.05) is 6.92 Å². The molecule has 2 rings (SSSR count). The lowest BCUT2D eigenvalue weighted by molar-refractivity contribution is 0.0952. The molecule has 0 atom stereocenters. The van der Waals surface area contributed by atoms with Gasteiger partial charge in [-0.15, -0.1) is 0 Å². The van der Waals surface area contributed by atoms with Crippen molar-refractivity contribution in [1.29, 1.82) is 0 Å². The molecule has 2 aromatic carbocycles. The molecule has 0 aliphatic carbocycles. The van der Waals surface area contributed by atoms with Crippen molar-refractivity contribution >= 4 is 23.2 Å². The van der Waals surface area contributed by atoms with Gasteiger partial charge in [0.1, 0.15) is 11.5 Å². The summed E-state index contributed by atoms with van der Waals surface area (Å²) in [6.45, 7) is 1.90.